The number of benzene rings is 1. The van der Waals surface area contributed by atoms with E-state index in [1.807, 2.05) is 6.07 Å². The lowest BCUT2D eigenvalue weighted by Crippen LogP contribution is -2.44. The minimum Gasteiger partial charge on any atom is -0.469 e. The standard InChI is InChI=1S/C15H21NO3/c1-18-15(17)11-14-12-16(9-10-19-14)8-7-13-5-3-2-4-6-13/h2-6,14H,7-12H2,1H3/t14-/m0/s1. The number of hydrogen-bond acceptors (Lipinski definition) is 4. The molecule has 0 saturated carbocycles. The molecule has 1 aliphatic rings. The Balaban J connectivity index is 1.76. The van der Waals surface area contributed by atoms with Crippen LogP contribution >= 0.6 is 0 Å². The van der Waals surface area contributed by atoms with E-state index in [0.717, 1.165) is 26.1 Å². The first kappa shape index (κ1) is 14.0. The maximum absolute atomic E-state index is 11.2. The summed E-state index contributed by atoms with van der Waals surface area (Å²) in [6.45, 7) is 3.44. The molecule has 1 atom stereocenters. The normalized spacial score (nSPS) is 20.2. The van der Waals surface area contributed by atoms with E-state index in [2.05, 4.69) is 33.9 Å². The van der Waals surface area contributed by atoms with Gasteiger partial charge in [-0.15, -0.1) is 0 Å². The molecule has 1 aromatic rings. The molecular weight excluding hydrogens is 242 g/mol. The molecule has 1 heterocycles. The lowest BCUT2D eigenvalue weighted by molar-refractivity contribution is -0.145. The molecule has 0 unspecified atom stereocenters. The first-order valence-corrected chi connectivity index (χ1v) is 6.72. The highest BCUT2D eigenvalue weighted by Gasteiger charge is 2.22. The van der Waals surface area contributed by atoms with Gasteiger partial charge in [-0.05, 0) is 12.0 Å². The largest absolute Gasteiger partial charge is 0.469 e. The molecule has 19 heavy (non-hydrogen) atoms. The van der Waals surface area contributed by atoms with Crippen LogP contribution in [0.5, 0.6) is 0 Å². The van der Waals surface area contributed by atoms with Crippen LogP contribution in [0.2, 0.25) is 0 Å². The van der Waals surface area contributed by atoms with E-state index in [1.54, 1.807) is 0 Å². The number of carbonyl (C=O) groups is 1. The minimum absolute atomic E-state index is 0.0306. The van der Waals surface area contributed by atoms with Gasteiger partial charge in [0.2, 0.25) is 0 Å². The van der Waals surface area contributed by atoms with Gasteiger partial charge in [-0.25, -0.2) is 0 Å². The van der Waals surface area contributed by atoms with E-state index in [4.69, 9.17) is 4.74 Å². The van der Waals surface area contributed by atoms with Crippen LogP contribution in [-0.4, -0.2) is 50.3 Å². The fraction of sp³-hybridized carbons (Fsp3) is 0.533. The van der Waals surface area contributed by atoms with E-state index >= 15 is 0 Å². The molecule has 1 aromatic carbocycles. The van der Waals surface area contributed by atoms with Crippen molar-refractivity contribution in [2.75, 3.05) is 33.4 Å². The lowest BCUT2D eigenvalue weighted by atomic mass is 10.1. The molecule has 104 valence electrons. The number of rotatable bonds is 5. The number of ether oxygens (including phenoxy) is 2. The average molecular weight is 263 g/mol. The van der Waals surface area contributed by atoms with Crippen molar-refractivity contribution < 1.29 is 14.3 Å². The molecule has 1 fully saturated rings. The minimum atomic E-state index is -0.199. The topological polar surface area (TPSA) is 38.8 Å². The number of carbonyl (C=O) groups excluding carboxylic acids is 1. The zero-order valence-electron chi connectivity index (χ0n) is 11.4. The van der Waals surface area contributed by atoms with Crippen molar-refractivity contribution >= 4 is 5.97 Å². The van der Waals surface area contributed by atoms with Crippen molar-refractivity contribution in [3.8, 4) is 0 Å². The molecule has 0 bridgehead atoms. The monoisotopic (exact) mass is 263 g/mol. The van der Waals surface area contributed by atoms with Crippen molar-refractivity contribution in [1.82, 2.24) is 4.90 Å². The van der Waals surface area contributed by atoms with Crippen LogP contribution in [0.1, 0.15) is 12.0 Å². The Morgan fingerprint density at radius 3 is 2.95 bits per heavy atom. The van der Waals surface area contributed by atoms with E-state index in [0.29, 0.717) is 13.0 Å². The van der Waals surface area contributed by atoms with E-state index < -0.39 is 0 Å². The quantitative estimate of drug-likeness (QED) is 0.755. The Hall–Kier alpha value is -1.39. The maximum Gasteiger partial charge on any atom is 0.308 e. The summed E-state index contributed by atoms with van der Waals surface area (Å²) in [4.78, 5) is 13.6. The molecule has 0 aliphatic carbocycles. The van der Waals surface area contributed by atoms with Crippen LogP contribution in [0.15, 0.2) is 30.3 Å². The third-order valence-electron chi connectivity index (χ3n) is 3.40. The summed E-state index contributed by atoms with van der Waals surface area (Å²) in [5.41, 5.74) is 1.35. The molecular formula is C15H21NO3. The van der Waals surface area contributed by atoms with Crippen molar-refractivity contribution in [2.24, 2.45) is 0 Å². The van der Waals surface area contributed by atoms with Gasteiger partial charge in [0.25, 0.3) is 0 Å². The van der Waals surface area contributed by atoms with Crippen LogP contribution in [0, 0.1) is 0 Å². The summed E-state index contributed by atoms with van der Waals surface area (Å²) in [6.07, 6.45) is 1.35. The van der Waals surface area contributed by atoms with Crippen LogP contribution in [0.3, 0.4) is 0 Å². The van der Waals surface area contributed by atoms with E-state index in [-0.39, 0.29) is 12.1 Å². The van der Waals surface area contributed by atoms with Crippen LogP contribution in [-0.2, 0) is 20.7 Å². The van der Waals surface area contributed by atoms with Gasteiger partial charge in [0.1, 0.15) is 0 Å². The molecule has 1 aliphatic heterocycles. The highest BCUT2D eigenvalue weighted by molar-refractivity contribution is 5.69. The van der Waals surface area contributed by atoms with Gasteiger partial charge in [0.05, 0.1) is 26.2 Å². The fourth-order valence-electron chi connectivity index (χ4n) is 2.31. The third-order valence-corrected chi connectivity index (χ3v) is 3.40. The summed E-state index contributed by atoms with van der Waals surface area (Å²) >= 11 is 0. The predicted octanol–water partition coefficient (Wildman–Crippen LogP) is 1.49. The molecule has 0 spiro atoms. The summed E-state index contributed by atoms with van der Waals surface area (Å²) in [6, 6.07) is 10.5. The van der Waals surface area contributed by atoms with Crippen LogP contribution in [0.4, 0.5) is 0 Å². The number of morpholine rings is 1. The van der Waals surface area contributed by atoms with Crippen molar-refractivity contribution in [3.63, 3.8) is 0 Å². The van der Waals surface area contributed by atoms with Gasteiger partial charge in [-0.3, -0.25) is 9.69 Å². The average Bonchev–Trinajstić information content (AvgIpc) is 2.46. The molecule has 0 amide bonds. The summed E-state index contributed by atoms with van der Waals surface area (Å²) in [7, 11) is 1.42. The van der Waals surface area contributed by atoms with Gasteiger partial charge < -0.3 is 9.47 Å². The molecule has 4 nitrogen and oxygen atoms in total. The van der Waals surface area contributed by atoms with Crippen molar-refractivity contribution in [3.05, 3.63) is 35.9 Å². The SMILES string of the molecule is COC(=O)C[C@H]1CN(CCc2ccccc2)CCO1. The summed E-state index contributed by atoms with van der Waals surface area (Å²) < 4.78 is 10.3. The Morgan fingerprint density at radius 2 is 2.21 bits per heavy atom. The fourth-order valence-corrected chi connectivity index (χ4v) is 2.31. The molecule has 2 rings (SSSR count). The summed E-state index contributed by atoms with van der Waals surface area (Å²) in [5.74, 6) is -0.199. The Kier molecular flexibility index (Phi) is 5.36. The van der Waals surface area contributed by atoms with Gasteiger partial charge in [0.15, 0.2) is 0 Å². The number of methoxy groups -OCH3 is 1. The second-order valence-electron chi connectivity index (χ2n) is 4.81. The second-order valence-corrected chi connectivity index (χ2v) is 4.81. The Bertz CT molecular complexity index is 394. The molecule has 0 aromatic heterocycles. The number of hydrogen-bond donors (Lipinski definition) is 0. The second kappa shape index (κ2) is 7.26. The third kappa shape index (κ3) is 4.65. The van der Waals surface area contributed by atoms with Crippen LogP contribution in [0.25, 0.3) is 0 Å². The Labute approximate surface area is 114 Å². The predicted molar refractivity (Wildman–Crippen MR) is 73.0 cm³/mol. The van der Waals surface area contributed by atoms with Crippen molar-refractivity contribution in [1.29, 1.82) is 0 Å². The van der Waals surface area contributed by atoms with Gasteiger partial charge in [-0.2, -0.15) is 0 Å². The molecule has 0 radical (unpaired) electrons. The first-order valence-electron chi connectivity index (χ1n) is 6.72. The maximum atomic E-state index is 11.2. The highest BCUT2D eigenvalue weighted by Crippen LogP contribution is 2.10. The molecule has 4 heteroatoms. The zero-order chi connectivity index (χ0) is 13.5. The lowest BCUT2D eigenvalue weighted by Gasteiger charge is -2.32. The smallest absolute Gasteiger partial charge is 0.308 e. The summed E-state index contributed by atoms with van der Waals surface area (Å²) in [5, 5.41) is 0. The van der Waals surface area contributed by atoms with Crippen LogP contribution < -0.4 is 0 Å². The zero-order valence-corrected chi connectivity index (χ0v) is 11.4. The van der Waals surface area contributed by atoms with Crippen molar-refractivity contribution in [2.45, 2.75) is 18.9 Å². The molecule has 0 N–H and O–H groups in total. The van der Waals surface area contributed by atoms with Gasteiger partial charge >= 0.3 is 5.97 Å². The van der Waals surface area contributed by atoms with E-state index in [1.165, 1.54) is 12.7 Å². The Morgan fingerprint density at radius 1 is 1.42 bits per heavy atom. The number of esters is 1. The number of nitrogens with zero attached hydrogens (tertiary/aromatic N) is 1. The highest BCUT2D eigenvalue weighted by atomic mass is 16.5. The first-order chi connectivity index (χ1) is 9.28. The van der Waals surface area contributed by atoms with Gasteiger partial charge in [0, 0.05) is 19.6 Å². The molecule has 1 saturated heterocycles. The van der Waals surface area contributed by atoms with E-state index in [9.17, 15) is 4.79 Å². The van der Waals surface area contributed by atoms with Gasteiger partial charge in [-0.1, -0.05) is 30.3 Å².